The lowest BCUT2D eigenvalue weighted by atomic mass is 10.2. The molecule has 142 valence electrons. The van der Waals surface area contributed by atoms with Crippen molar-refractivity contribution >= 4 is 11.6 Å². The number of unbranched alkanes of at least 4 members (excludes halogenated alkanes) is 1. The fraction of sp³-hybridized carbons (Fsp3) is 0.333. The number of benzene rings is 1. The van der Waals surface area contributed by atoms with Gasteiger partial charge in [-0.2, -0.15) is 0 Å². The summed E-state index contributed by atoms with van der Waals surface area (Å²) in [5.74, 6) is 0.770. The Kier molecular flexibility index (Phi) is 6.30. The van der Waals surface area contributed by atoms with Gasteiger partial charge in [0, 0.05) is 12.4 Å². The van der Waals surface area contributed by atoms with Gasteiger partial charge in [0.25, 0.3) is 0 Å². The smallest absolute Gasteiger partial charge is 0.338 e. The molecule has 0 saturated heterocycles. The van der Waals surface area contributed by atoms with Gasteiger partial charge in [-0.1, -0.05) is 19.4 Å². The summed E-state index contributed by atoms with van der Waals surface area (Å²) in [6, 6.07) is 10.8. The van der Waals surface area contributed by atoms with Crippen LogP contribution in [0.2, 0.25) is 0 Å². The van der Waals surface area contributed by atoms with Crippen LogP contribution in [0.5, 0.6) is 11.5 Å². The zero-order valence-electron chi connectivity index (χ0n) is 15.7. The van der Waals surface area contributed by atoms with E-state index in [1.54, 1.807) is 18.2 Å². The van der Waals surface area contributed by atoms with Crippen molar-refractivity contribution in [3.8, 4) is 11.5 Å². The van der Waals surface area contributed by atoms with Gasteiger partial charge < -0.3 is 18.6 Å². The van der Waals surface area contributed by atoms with E-state index < -0.39 is 5.97 Å². The first kappa shape index (κ1) is 18.8. The van der Waals surface area contributed by atoms with Crippen molar-refractivity contribution in [2.75, 3.05) is 13.2 Å². The Bertz CT molecular complexity index is 871. The molecule has 27 heavy (non-hydrogen) atoms. The van der Waals surface area contributed by atoms with Gasteiger partial charge in [0.1, 0.15) is 12.3 Å². The number of hydrogen-bond donors (Lipinski definition) is 0. The minimum atomic E-state index is -0.423. The fourth-order valence-corrected chi connectivity index (χ4v) is 2.63. The zero-order valence-corrected chi connectivity index (χ0v) is 15.7. The molecule has 0 amide bonds. The van der Waals surface area contributed by atoms with Crippen LogP contribution < -0.4 is 9.47 Å². The summed E-state index contributed by atoms with van der Waals surface area (Å²) in [5, 5.41) is 0. The lowest BCUT2D eigenvalue weighted by Crippen LogP contribution is -2.07. The molecule has 0 bridgehead atoms. The maximum Gasteiger partial charge on any atom is 0.338 e. The predicted octanol–water partition coefficient (Wildman–Crippen LogP) is 4.27. The molecule has 0 N–H and O–H groups in total. The van der Waals surface area contributed by atoms with Crippen LogP contribution in [0.3, 0.4) is 0 Å². The third-order valence-corrected chi connectivity index (χ3v) is 4.00. The molecule has 0 radical (unpaired) electrons. The number of fused-ring (bicyclic) bond motifs is 1. The largest absolute Gasteiger partial charge is 0.490 e. The van der Waals surface area contributed by atoms with E-state index in [2.05, 4.69) is 11.9 Å². The van der Waals surface area contributed by atoms with Crippen LogP contribution in [0.15, 0.2) is 48.8 Å². The molecule has 0 aliphatic rings. The Balaban J connectivity index is 1.66. The van der Waals surface area contributed by atoms with Crippen molar-refractivity contribution < 1.29 is 19.0 Å². The Morgan fingerprint density at radius 3 is 2.78 bits per heavy atom. The van der Waals surface area contributed by atoms with E-state index in [4.69, 9.17) is 14.2 Å². The first-order valence-corrected chi connectivity index (χ1v) is 9.20. The minimum Gasteiger partial charge on any atom is -0.490 e. The Hall–Kier alpha value is -3.02. The fourth-order valence-electron chi connectivity index (χ4n) is 2.63. The SMILES string of the molecule is CCCCOc1ccc(C(=O)OCc2cn3ccccc3n2)cc1OCC. The average molecular weight is 368 g/mol. The maximum atomic E-state index is 12.4. The highest BCUT2D eigenvalue weighted by Gasteiger charge is 2.14. The quantitative estimate of drug-likeness (QED) is 0.417. The molecular weight excluding hydrogens is 344 g/mol. The monoisotopic (exact) mass is 368 g/mol. The van der Waals surface area contributed by atoms with Gasteiger partial charge in [0.2, 0.25) is 0 Å². The number of carbonyl (C=O) groups excluding carboxylic acids is 1. The van der Waals surface area contributed by atoms with Crippen LogP contribution in [0.1, 0.15) is 42.7 Å². The van der Waals surface area contributed by atoms with Crippen LogP contribution in [-0.4, -0.2) is 28.6 Å². The van der Waals surface area contributed by atoms with Crippen molar-refractivity contribution in [2.24, 2.45) is 0 Å². The molecule has 2 heterocycles. The summed E-state index contributed by atoms with van der Waals surface area (Å²) in [4.78, 5) is 16.8. The Labute approximate surface area is 158 Å². The second-order valence-electron chi connectivity index (χ2n) is 6.07. The first-order chi connectivity index (χ1) is 13.2. The van der Waals surface area contributed by atoms with Crippen LogP contribution in [0, 0.1) is 0 Å². The second-order valence-corrected chi connectivity index (χ2v) is 6.07. The van der Waals surface area contributed by atoms with Crippen molar-refractivity contribution in [3.05, 3.63) is 60.0 Å². The predicted molar refractivity (Wildman–Crippen MR) is 102 cm³/mol. The van der Waals surface area contributed by atoms with Gasteiger partial charge in [-0.25, -0.2) is 9.78 Å². The molecule has 0 fully saturated rings. The third kappa shape index (κ3) is 4.78. The molecule has 3 rings (SSSR count). The average Bonchev–Trinajstić information content (AvgIpc) is 3.10. The molecule has 6 nitrogen and oxygen atoms in total. The molecule has 0 atom stereocenters. The molecule has 2 aromatic heterocycles. The summed E-state index contributed by atoms with van der Waals surface area (Å²) >= 11 is 0. The van der Waals surface area contributed by atoms with Gasteiger partial charge in [-0.3, -0.25) is 0 Å². The number of rotatable bonds is 9. The van der Waals surface area contributed by atoms with Gasteiger partial charge in [0.05, 0.1) is 24.5 Å². The van der Waals surface area contributed by atoms with Crippen LogP contribution in [-0.2, 0) is 11.3 Å². The number of carbonyl (C=O) groups is 1. The number of imidazole rings is 1. The standard InChI is InChI=1S/C21H24N2O4/c1-3-5-12-26-18-10-9-16(13-19(18)25-4-2)21(24)27-15-17-14-23-11-7-6-8-20(23)22-17/h6-11,13-14H,3-5,12,15H2,1-2H3. The number of aromatic nitrogens is 2. The molecule has 0 aliphatic heterocycles. The molecule has 0 saturated carbocycles. The van der Waals surface area contributed by atoms with E-state index in [9.17, 15) is 4.79 Å². The number of pyridine rings is 1. The molecule has 0 unspecified atom stereocenters. The summed E-state index contributed by atoms with van der Waals surface area (Å²) < 4.78 is 18.6. The molecule has 1 aromatic carbocycles. The van der Waals surface area contributed by atoms with Crippen LogP contribution in [0.4, 0.5) is 0 Å². The number of esters is 1. The molecule has 0 aliphatic carbocycles. The summed E-state index contributed by atoms with van der Waals surface area (Å²) in [6.45, 7) is 5.22. The van der Waals surface area contributed by atoms with Crippen molar-refractivity contribution in [2.45, 2.75) is 33.3 Å². The van der Waals surface area contributed by atoms with Gasteiger partial charge in [0.15, 0.2) is 11.5 Å². The lowest BCUT2D eigenvalue weighted by molar-refractivity contribution is 0.0467. The van der Waals surface area contributed by atoms with Crippen LogP contribution in [0.25, 0.3) is 5.65 Å². The summed E-state index contributed by atoms with van der Waals surface area (Å²) in [7, 11) is 0. The van der Waals surface area contributed by atoms with Crippen molar-refractivity contribution in [3.63, 3.8) is 0 Å². The van der Waals surface area contributed by atoms with Gasteiger partial charge in [-0.15, -0.1) is 0 Å². The lowest BCUT2D eigenvalue weighted by Gasteiger charge is -2.13. The van der Waals surface area contributed by atoms with E-state index in [1.807, 2.05) is 41.9 Å². The van der Waals surface area contributed by atoms with Crippen molar-refractivity contribution in [1.29, 1.82) is 0 Å². The van der Waals surface area contributed by atoms with Crippen molar-refractivity contribution in [1.82, 2.24) is 9.38 Å². The Morgan fingerprint density at radius 2 is 2.00 bits per heavy atom. The summed E-state index contributed by atoms with van der Waals surface area (Å²) in [6.07, 6.45) is 5.77. The number of nitrogens with zero attached hydrogens (tertiary/aromatic N) is 2. The minimum absolute atomic E-state index is 0.110. The van der Waals surface area contributed by atoms with Gasteiger partial charge in [-0.05, 0) is 43.7 Å². The molecule has 0 spiro atoms. The second kappa shape index (κ2) is 9.07. The highest BCUT2D eigenvalue weighted by atomic mass is 16.5. The Morgan fingerprint density at radius 1 is 1.11 bits per heavy atom. The summed E-state index contributed by atoms with van der Waals surface area (Å²) in [5.41, 5.74) is 1.93. The highest BCUT2D eigenvalue weighted by Crippen LogP contribution is 2.29. The first-order valence-electron chi connectivity index (χ1n) is 9.20. The van der Waals surface area contributed by atoms with E-state index in [0.29, 0.717) is 36.0 Å². The molecular formula is C21H24N2O4. The topological polar surface area (TPSA) is 62.1 Å². The van der Waals surface area contributed by atoms with Crippen LogP contribution >= 0.6 is 0 Å². The number of hydrogen-bond acceptors (Lipinski definition) is 5. The van der Waals surface area contributed by atoms with E-state index >= 15 is 0 Å². The number of ether oxygens (including phenoxy) is 3. The van der Waals surface area contributed by atoms with E-state index in [1.165, 1.54) is 0 Å². The van der Waals surface area contributed by atoms with E-state index in [0.717, 1.165) is 18.5 Å². The molecule has 3 aromatic rings. The molecule has 6 heteroatoms. The normalized spacial score (nSPS) is 10.7. The third-order valence-electron chi connectivity index (χ3n) is 4.00. The maximum absolute atomic E-state index is 12.4. The highest BCUT2D eigenvalue weighted by molar-refractivity contribution is 5.90. The van der Waals surface area contributed by atoms with Gasteiger partial charge >= 0.3 is 5.97 Å². The van der Waals surface area contributed by atoms with E-state index in [-0.39, 0.29) is 6.61 Å². The zero-order chi connectivity index (χ0) is 19.1.